The molecule has 2 aromatic heterocycles. The van der Waals surface area contributed by atoms with Crippen LogP contribution in [0.1, 0.15) is 45.4 Å². The van der Waals surface area contributed by atoms with E-state index >= 15 is 0 Å². The molecular formula is C32H37F2N7O3S. The number of alkyl halides is 2. The van der Waals surface area contributed by atoms with Crippen LogP contribution < -0.4 is 14.5 Å². The summed E-state index contributed by atoms with van der Waals surface area (Å²) in [5.41, 5.74) is 5.45. The fourth-order valence-corrected chi connectivity index (χ4v) is 7.30. The van der Waals surface area contributed by atoms with Crippen LogP contribution in [-0.2, 0) is 10.0 Å². The number of nitrogens with one attached hydrogen (secondary N) is 1. The van der Waals surface area contributed by atoms with Gasteiger partial charge in [0.15, 0.2) is 0 Å². The molecule has 1 aliphatic carbocycles. The van der Waals surface area contributed by atoms with Gasteiger partial charge in [0, 0.05) is 56.2 Å². The highest BCUT2D eigenvalue weighted by atomic mass is 32.2. The number of anilines is 3. The Bertz CT molecular complexity index is 1820. The molecular weight excluding hydrogens is 600 g/mol. The molecule has 45 heavy (non-hydrogen) atoms. The van der Waals surface area contributed by atoms with Crippen LogP contribution in [0, 0.1) is 5.41 Å². The van der Waals surface area contributed by atoms with Gasteiger partial charge in [0.1, 0.15) is 10.9 Å². The maximum atomic E-state index is 14.0. The Balaban J connectivity index is 1.24. The third-order valence-corrected chi connectivity index (χ3v) is 11.4. The molecule has 238 valence electrons. The van der Waals surface area contributed by atoms with Gasteiger partial charge in [0.2, 0.25) is 10.0 Å². The van der Waals surface area contributed by atoms with Gasteiger partial charge in [0.25, 0.3) is 5.92 Å². The molecule has 10 nitrogen and oxygen atoms in total. The number of fused-ring (bicyclic) bond motifs is 1. The summed E-state index contributed by atoms with van der Waals surface area (Å²) < 4.78 is 57.7. The second kappa shape index (κ2) is 11.2. The molecule has 1 saturated carbocycles. The van der Waals surface area contributed by atoms with Crippen molar-refractivity contribution in [3.05, 3.63) is 54.9 Å². The number of halogens is 2. The van der Waals surface area contributed by atoms with E-state index in [1.807, 2.05) is 47.5 Å². The van der Waals surface area contributed by atoms with Gasteiger partial charge in [-0.1, -0.05) is 11.3 Å². The van der Waals surface area contributed by atoms with Gasteiger partial charge in [-0.05, 0) is 74.4 Å². The molecule has 1 unspecified atom stereocenters. The van der Waals surface area contributed by atoms with E-state index in [0.717, 1.165) is 59.5 Å². The van der Waals surface area contributed by atoms with Crippen LogP contribution in [-0.4, -0.2) is 77.5 Å². The first kappa shape index (κ1) is 29.8. The summed E-state index contributed by atoms with van der Waals surface area (Å²) in [5, 5.41) is 18.4. The highest BCUT2D eigenvalue weighted by molar-refractivity contribution is 7.93. The first-order valence-electron chi connectivity index (χ1n) is 15.5. The van der Waals surface area contributed by atoms with E-state index in [4.69, 9.17) is 0 Å². The fraction of sp³-hybridized carbons (Fsp3) is 0.469. The van der Waals surface area contributed by atoms with E-state index in [-0.39, 0.29) is 25.9 Å². The smallest absolute Gasteiger partial charge is 0.251 e. The summed E-state index contributed by atoms with van der Waals surface area (Å²) in [7, 11) is -3.77. The van der Waals surface area contributed by atoms with Gasteiger partial charge in [-0.25, -0.2) is 21.9 Å². The largest absolute Gasteiger partial charge is 0.395 e. The Morgan fingerprint density at radius 3 is 2.36 bits per heavy atom. The van der Waals surface area contributed by atoms with Crippen LogP contribution in [0.5, 0.6) is 0 Å². The molecule has 0 bridgehead atoms. The molecule has 1 atom stereocenters. The lowest BCUT2D eigenvalue weighted by Crippen LogP contribution is -2.39. The van der Waals surface area contributed by atoms with Gasteiger partial charge < -0.3 is 14.9 Å². The molecule has 2 N–H and O–H groups in total. The number of aromatic nitrogens is 4. The third kappa shape index (κ3) is 5.95. The van der Waals surface area contributed by atoms with Crippen LogP contribution >= 0.6 is 0 Å². The Hall–Kier alpha value is -3.84. The normalized spacial score (nSPS) is 20.0. The minimum Gasteiger partial charge on any atom is -0.395 e. The molecule has 0 amide bonds. The summed E-state index contributed by atoms with van der Waals surface area (Å²) in [6, 6.07) is 13.1. The van der Waals surface area contributed by atoms with E-state index in [1.165, 1.54) is 19.8 Å². The Morgan fingerprint density at radius 1 is 0.933 bits per heavy atom. The van der Waals surface area contributed by atoms with Gasteiger partial charge >= 0.3 is 0 Å². The maximum Gasteiger partial charge on any atom is 0.251 e. The number of nitrogens with zero attached hydrogens (tertiary/aromatic N) is 6. The number of sulfonamides is 1. The second-order valence-electron chi connectivity index (χ2n) is 12.8. The number of hydrogen-bond acceptors (Lipinski definition) is 8. The molecule has 1 spiro atoms. The number of aliphatic hydroxyl groups is 1. The van der Waals surface area contributed by atoms with Gasteiger partial charge in [0.05, 0.1) is 41.1 Å². The number of rotatable bonds is 8. The van der Waals surface area contributed by atoms with Gasteiger partial charge in [-0.2, -0.15) is 0 Å². The van der Waals surface area contributed by atoms with Crippen molar-refractivity contribution < 1.29 is 22.3 Å². The standard InChI is InChI=1S/C32H37F2N7O3S/c1-22(21-42)45(43,44)37-25-4-5-27(28(19-25)39-13-8-31(6-7-31)9-14-39)41-20-26(36-38-41)24-17-23-3-2-12-35-30(23)29(18-24)40-15-10-32(33,34)11-16-40/h2-5,12,17-20,22,37,42H,6-11,13-16,21H2,1H3. The number of benzene rings is 2. The molecule has 3 aliphatic rings. The van der Waals surface area contributed by atoms with Crippen molar-refractivity contribution in [2.75, 3.05) is 47.3 Å². The second-order valence-corrected chi connectivity index (χ2v) is 14.9. The Morgan fingerprint density at radius 2 is 1.64 bits per heavy atom. The van der Waals surface area contributed by atoms with Crippen molar-refractivity contribution in [2.45, 2.75) is 56.6 Å². The average Bonchev–Trinajstić information content (AvgIpc) is 3.60. The topological polar surface area (TPSA) is 116 Å². The monoisotopic (exact) mass is 637 g/mol. The molecule has 3 fully saturated rings. The van der Waals surface area contributed by atoms with Gasteiger partial charge in [-0.3, -0.25) is 9.71 Å². The zero-order chi connectivity index (χ0) is 31.4. The Kier molecular flexibility index (Phi) is 7.43. The zero-order valence-corrected chi connectivity index (χ0v) is 26.0. The van der Waals surface area contributed by atoms with E-state index in [1.54, 1.807) is 16.9 Å². The number of pyridine rings is 1. The number of piperidine rings is 2. The molecule has 2 aromatic carbocycles. The summed E-state index contributed by atoms with van der Waals surface area (Å²) >= 11 is 0. The lowest BCUT2D eigenvalue weighted by atomic mass is 9.93. The third-order valence-electron chi connectivity index (χ3n) is 9.70. The highest BCUT2D eigenvalue weighted by Gasteiger charge is 2.44. The maximum absolute atomic E-state index is 14.0. The van der Waals surface area contributed by atoms with Crippen LogP contribution in [0.4, 0.5) is 25.8 Å². The SMILES string of the molecule is CC(CO)S(=O)(=O)Nc1ccc(-n2cc(-c3cc(N4CCC(F)(F)CC4)c4ncccc4c3)nn2)c(N2CCC3(CC2)CC3)c1. The highest BCUT2D eigenvalue weighted by Crippen LogP contribution is 2.54. The van der Waals surface area contributed by atoms with Crippen molar-refractivity contribution >= 4 is 38.0 Å². The molecule has 0 radical (unpaired) electrons. The van der Waals surface area contributed by atoms with Crippen molar-refractivity contribution in [1.82, 2.24) is 20.0 Å². The summed E-state index contributed by atoms with van der Waals surface area (Å²) in [4.78, 5) is 8.82. The molecule has 2 aliphatic heterocycles. The van der Waals surface area contributed by atoms with Crippen molar-refractivity contribution in [3.63, 3.8) is 0 Å². The number of hydrogen-bond donors (Lipinski definition) is 2. The Labute approximate surface area is 261 Å². The molecule has 4 heterocycles. The van der Waals surface area contributed by atoms with Crippen molar-refractivity contribution in [2.24, 2.45) is 5.41 Å². The average molecular weight is 638 g/mol. The summed E-state index contributed by atoms with van der Waals surface area (Å²) in [6.45, 7) is 3.17. The lowest BCUT2D eigenvalue weighted by Gasteiger charge is -2.35. The van der Waals surface area contributed by atoms with Crippen molar-refractivity contribution in [1.29, 1.82) is 0 Å². The first-order chi connectivity index (χ1) is 21.5. The minimum absolute atomic E-state index is 0.201. The van der Waals surface area contributed by atoms with Gasteiger partial charge in [-0.15, -0.1) is 5.10 Å². The van der Waals surface area contributed by atoms with Crippen LogP contribution in [0.15, 0.2) is 54.9 Å². The summed E-state index contributed by atoms with van der Waals surface area (Å²) in [5.74, 6) is -2.66. The molecule has 7 rings (SSSR count). The van der Waals surface area contributed by atoms with E-state index in [9.17, 15) is 22.3 Å². The van der Waals surface area contributed by atoms with Crippen LogP contribution in [0.25, 0.3) is 27.8 Å². The molecule has 4 aromatic rings. The van der Waals surface area contributed by atoms with E-state index in [2.05, 4.69) is 24.9 Å². The van der Waals surface area contributed by atoms with E-state index < -0.39 is 27.8 Å². The van der Waals surface area contributed by atoms with Crippen LogP contribution in [0.2, 0.25) is 0 Å². The predicted molar refractivity (Wildman–Crippen MR) is 171 cm³/mol. The van der Waals surface area contributed by atoms with E-state index in [0.29, 0.717) is 16.8 Å². The predicted octanol–water partition coefficient (Wildman–Crippen LogP) is 5.22. The zero-order valence-electron chi connectivity index (χ0n) is 25.2. The quantitative estimate of drug-likeness (QED) is 0.270. The lowest BCUT2D eigenvalue weighted by molar-refractivity contribution is -0.0220. The minimum atomic E-state index is -3.77. The first-order valence-corrected chi connectivity index (χ1v) is 17.1. The molecule has 13 heteroatoms. The summed E-state index contributed by atoms with van der Waals surface area (Å²) in [6.07, 6.45) is 7.85. The number of aliphatic hydroxyl groups excluding tert-OH is 1. The van der Waals surface area contributed by atoms with Crippen molar-refractivity contribution in [3.8, 4) is 16.9 Å². The van der Waals surface area contributed by atoms with Crippen LogP contribution in [0.3, 0.4) is 0 Å². The fourth-order valence-electron chi connectivity index (χ4n) is 6.45. The molecule has 2 saturated heterocycles.